The molecular weight excluding hydrogens is 334 g/mol. The van der Waals surface area contributed by atoms with Crippen LogP contribution in [-0.2, 0) is 6.54 Å². The summed E-state index contributed by atoms with van der Waals surface area (Å²) in [5, 5.41) is 0. The number of hydrogen-bond acceptors (Lipinski definition) is 5. The van der Waals surface area contributed by atoms with Crippen molar-refractivity contribution in [3.8, 4) is 11.5 Å². The number of ketones is 1. The first-order valence-corrected chi connectivity index (χ1v) is 9.46. The monoisotopic (exact) mass is 359 g/mol. The SMILES string of the molecule is COc1ccc(C(=O)[C@@H]2CCCN(Cc3ccc(C)s3)C2)c(OC)c1. The van der Waals surface area contributed by atoms with Crippen molar-refractivity contribution in [1.82, 2.24) is 4.90 Å². The highest BCUT2D eigenvalue weighted by molar-refractivity contribution is 7.11. The number of Topliss-reactive ketones (excluding diaryl/α,β-unsaturated/α-hetero) is 1. The fraction of sp³-hybridized carbons (Fsp3) is 0.450. The van der Waals surface area contributed by atoms with Crippen LogP contribution in [0.1, 0.15) is 33.0 Å². The van der Waals surface area contributed by atoms with Gasteiger partial charge in [-0.05, 0) is 50.6 Å². The van der Waals surface area contributed by atoms with Crippen LogP contribution in [0.25, 0.3) is 0 Å². The molecule has 0 bridgehead atoms. The second kappa shape index (κ2) is 8.02. The molecule has 2 heterocycles. The molecule has 0 unspecified atom stereocenters. The number of piperidine rings is 1. The van der Waals surface area contributed by atoms with Gasteiger partial charge in [0.25, 0.3) is 0 Å². The van der Waals surface area contributed by atoms with Crippen LogP contribution in [0.4, 0.5) is 0 Å². The van der Waals surface area contributed by atoms with Crippen molar-refractivity contribution < 1.29 is 14.3 Å². The molecule has 1 aliphatic rings. The van der Waals surface area contributed by atoms with E-state index in [0.717, 1.165) is 32.5 Å². The molecule has 1 atom stereocenters. The molecule has 0 aliphatic carbocycles. The van der Waals surface area contributed by atoms with Crippen molar-refractivity contribution in [2.24, 2.45) is 5.92 Å². The number of likely N-dealkylation sites (tertiary alicyclic amines) is 1. The zero-order valence-electron chi connectivity index (χ0n) is 15.1. The van der Waals surface area contributed by atoms with Gasteiger partial charge in [-0.25, -0.2) is 0 Å². The Kier molecular flexibility index (Phi) is 5.76. The Morgan fingerprint density at radius 1 is 1.24 bits per heavy atom. The van der Waals surface area contributed by atoms with Crippen LogP contribution in [0.15, 0.2) is 30.3 Å². The van der Waals surface area contributed by atoms with Gasteiger partial charge in [-0.15, -0.1) is 11.3 Å². The zero-order valence-corrected chi connectivity index (χ0v) is 15.9. The van der Waals surface area contributed by atoms with Crippen molar-refractivity contribution in [3.05, 3.63) is 45.6 Å². The average Bonchev–Trinajstić information content (AvgIpc) is 3.05. The summed E-state index contributed by atoms with van der Waals surface area (Å²) >= 11 is 1.84. The maximum Gasteiger partial charge on any atom is 0.170 e. The molecule has 0 spiro atoms. The molecular formula is C20H25NO3S. The van der Waals surface area contributed by atoms with Crippen molar-refractivity contribution in [2.45, 2.75) is 26.3 Å². The lowest BCUT2D eigenvalue weighted by atomic mass is 9.89. The maximum absolute atomic E-state index is 13.0. The van der Waals surface area contributed by atoms with Gasteiger partial charge in [0.05, 0.1) is 19.8 Å². The lowest BCUT2D eigenvalue weighted by molar-refractivity contribution is 0.0809. The van der Waals surface area contributed by atoms with Crippen LogP contribution in [0.5, 0.6) is 11.5 Å². The van der Waals surface area contributed by atoms with Crippen LogP contribution in [0.3, 0.4) is 0 Å². The first-order valence-electron chi connectivity index (χ1n) is 8.64. The van der Waals surface area contributed by atoms with E-state index in [1.807, 2.05) is 23.5 Å². The number of benzene rings is 1. The van der Waals surface area contributed by atoms with Crippen LogP contribution in [-0.4, -0.2) is 38.0 Å². The minimum atomic E-state index is 0.0251. The van der Waals surface area contributed by atoms with E-state index in [4.69, 9.17) is 9.47 Å². The lowest BCUT2D eigenvalue weighted by Gasteiger charge is -2.31. The average molecular weight is 359 g/mol. The number of aryl methyl sites for hydroxylation is 1. The summed E-state index contributed by atoms with van der Waals surface area (Å²) in [6, 6.07) is 9.78. The Morgan fingerprint density at radius 2 is 2.08 bits per heavy atom. The quantitative estimate of drug-likeness (QED) is 0.726. The van der Waals surface area contributed by atoms with E-state index in [1.165, 1.54) is 9.75 Å². The predicted molar refractivity (Wildman–Crippen MR) is 101 cm³/mol. The summed E-state index contributed by atoms with van der Waals surface area (Å²) in [5.74, 6) is 1.49. The summed E-state index contributed by atoms with van der Waals surface area (Å²) in [7, 11) is 3.21. The van der Waals surface area contributed by atoms with Gasteiger partial charge >= 0.3 is 0 Å². The molecule has 25 heavy (non-hydrogen) atoms. The standard InChI is InChI=1S/C20H25NO3S/c1-14-6-8-17(25-14)13-21-10-4-5-15(12-21)20(22)18-9-7-16(23-2)11-19(18)24-3/h6-9,11,15H,4-5,10,12-13H2,1-3H3/t15-/m1/s1. The normalized spacial score (nSPS) is 18.1. The molecule has 0 N–H and O–H groups in total. The van der Waals surface area contributed by atoms with Gasteiger partial charge in [-0.1, -0.05) is 0 Å². The molecule has 1 saturated heterocycles. The fourth-order valence-electron chi connectivity index (χ4n) is 3.43. The number of methoxy groups -OCH3 is 2. The first-order chi connectivity index (χ1) is 12.1. The first kappa shape index (κ1) is 18.0. The van der Waals surface area contributed by atoms with Crippen LogP contribution < -0.4 is 9.47 Å². The maximum atomic E-state index is 13.0. The van der Waals surface area contributed by atoms with Gasteiger partial charge in [-0.2, -0.15) is 0 Å². The molecule has 4 nitrogen and oxygen atoms in total. The number of carbonyl (C=O) groups excluding carboxylic acids is 1. The minimum absolute atomic E-state index is 0.0251. The Morgan fingerprint density at radius 3 is 2.76 bits per heavy atom. The number of carbonyl (C=O) groups is 1. The third kappa shape index (κ3) is 4.22. The molecule has 2 aromatic rings. The third-order valence-corrected chi connectivity index (χ3v) is 5.71. The van der Waals surface area contributed by atoms with Gasteiger partial charge in [-0.3, -0.25) is 9.69 Å². The van der Waals surface area contributed by atoms with Crippen molar-refractivity contribution in [2.75, 3.05) is 27.3 Å². The van der Waals surface area contributed by atoms with E-state index in [2.05, 4.69) is 24.0 Å². The van der Waals surface area contributed by atoms with Gasteiger partial charge in [0, 0.05) is 34.8 Å². The number of ether oxygens (including phenoxy) is 2. The smallest absolute Gasteiger partial charge is 0.170 e. The summed E-state index contributed by atoms with van der Waals surface area (Å²) in [5.41, 5.74) is 0.655. The number of rotatable bonds is 6. The highest BCUT2D eigenvalue weighted by Crippen LogP contribution is 2.30. The molecule has 1 aliphatic heterocycles. The van der Waals surface area contributed by atoms with Crippen LogP contribution in [0.2, 0.25) is 0 Å². The second-order valence-corrected chi connectivity index (χ2v) is 7.89. The highest BCUT2D eigenvalue weighted by atomic mass is 32.1. The lowest BCUT2D eigenvalue weighted by Crippen LogP contribution is -2.38. The Labute approximate surface area is 153 Å². The van der Waals surface area contributed by atoms with Gasteiger partial charge in [0.15, 0.2) is 5.78 Å². The molecule has 1 aromatic carbocycles. The Bertz CT molecular complexity index is 740. The molecule has 134 valence electrons. The van der Waals surface area contributed by atoms with Crippen LogP contribution >= 0.6 is 11.3 Å². The van der Waals surface area contributed by atoms with E-state index >= 15 is 0 Å². The van der Waals surface area contributed by atoms with E-state index in [-0.39, 0.29) is 11.7 Å². The van der Waals surface area contributed by atoms with Crippen molar-refractivity contribution in [3.63, 3.8) is 0 Å². The van der Waals surface area contributed by atoms with E-state index in [9.17, 15) is 4.79 Å². The zero-order chi connectivity index (χ0) is 17.8. The number of hydrogen-bond donors (Lipinski definition) is 0. The van der Waals surface area contributed by atoms with Crippen LogP contribution in [0, 0.1) is 12.8 Å². The number of thiophene rings is 1. The molecule has 1 aromatic heterocycles. The minimum Gasteiger partial charge on any atom is -0.497 e. The third-order valence-electron chi connectivity index (χ3n) is 4.73. The molecule has 0 amide bonds. The van der Waals surface area contributed by atoms with Crippen molar-refractivity contribution in [1.29, 1.82) is 0 Å². The molecule has 5 heteroatoms. The summed E-state index contributed by atoms with van der Waals surface area (Å²) < 4.78 is 10.6. The number of nitrogens with zero attached hydrogens (tertiary/aromatic N) is 1. The Hall–Kier alpha value is -1.85. The predicted octanol–water partition coefficient (Wildman–Crippen LogP) is 4.17. The van der Waals surface area contributed by atoms with Gasteiger partial charge in [0.1, 0.15) is 11.5 Å². The molecule has 0 radical (unpaired) electrons. The molecule has 3 rings (SSSR count). The van der Waals surface area contributed by atoms with Crippen molar-refractivity contribution >= 4 is 17.1 Å². The summed E-state index contributed by atoms with van der Waals surface area (Å²) in [6.45, 7) is 4.93. The molecule has 1 fully saturated rings. The summed E-state index contributed by atoms with van der Waals surface area (Å²) in [4.78, 5) is 18.1. The largest absolute Gasteiger partial charge is 0.497 e. The fourth-order valence-corrected chi connectivity index (χ4v) is 4.36. The van der Waals surface area contributed by atoms with E-state index in [0.29, 0.717) is 17.1 Å². The van der Waals surface area contributed by atoms with E-state index in [1.54, 1.807) is 20.3 Å². The topological polar surface area (TPSA) is 38.8 Å². The van der Waals surface area contributed by atoms with Gasteiger partial charge in [0.2, 0.25) is 0 Å². The summed E-state index contributed by atoms with van der Waals surface area (Å²) in [6.07, 6.45) is 1.99. The highest BCUT2D eigenvalue weighted by Gasteiger charge is 2.28. The Balaban J connectivity index is 1.71. The molecule has 0 saturated carbocycles. The second-order valence-electron chi connectivity index (χ2n) is 6.52. The van der Waals surface area contributed by atoms with Gasteiger partial charge < -0.3 is 9.47 Å². The van der Waals surface area contributed by atoms with E-state index < -0.39 is 0 Å².